The summed E-state index contributed by atoms with van der Waals surface area (Å²) < 4.78 is 1.79. The van der Waals surface area contributed by atoms with Gasteiger partial charge in [-0.15, -0.1) is 0 Å². The lowest BCUT2D eigenvalue weighted by Gasteiger charge is -2.28. The molecule has 1 unspecified atom stereocenters. The Hall–Kier alpha value is -1.32. The highest BCUT2D eigenvalue weighted by atomic mass is 16.1. The van der Waals surface area contributed by atoms with E-state index in [1.807, 2.05) is 21.0 Å². The third-order valence-corrected chi connectivity index (χ3v) is 3.16. The van der Waals surface area contributed by atoms with Gasteiger partial charge < -0.3 is 4.90 Å². The van der Waals surface area contributed by atoms with Crippen molar-refractivity contribution in [2.45, 2.75) is 40.2 Å². The lowest BCUT2D eigenvalue weighted by atomic mass is 10.0. The number of nitrogens with zero attached hydrogens (tertiary/aromatic N) is 3. The second kappa shape index (κ2) is 5.34. The standard InChI is InChI=1S/C13H23N3O/c1-9(2)7-10(3)15(5)13-12(8-17)11(4)14-16(13)6/h8-10H,7H2,1-6H3. The second-order valence-corrected chi connectivity index (χ2v) is 5.15. The first-order valence-corrected chi connectivity index (χ1v) is 6.10. The summed E-state index contributed by atoms with van der Waals surface area (Å²) in [5.41, 5.74) is 1.49. The molecule has 4 heteroatoms. The molecule has 0 saturated heterocycles. The molecule has 0 aliphatic heterocycles. The Morgan fingerprint density at radius 3 is 2.47 bits per heavy atom. The quantitative estimate of drug-likeness (QED) is 0.738. The van der Waals surface area contributed by atoms with E-state index in [2.05, 4.69) is 30.8 Å². The first-order valence-electron chi connectivity index (χ1n) is 6.10. The largest absolute Gasteiger partial charge is 0.357 e. The summed E-state index contributed by atoms with van der Waals surface area (Å²) in [6.45, 7) is 8.46. The van der Waals surface area contributed by atoms with E-state index in [-0.39, 0.29) is 0 Å². The molecule has 0 aliphatic rings. The van der Waals surface area contributed by atoms with Crippen LogP contribution in [0.4, 0.5) is 5.82 Å². The fourth-order valence-electron chi connectivity index (χ4n) is 2.27. The maximum absolute atomic E-state index is 11.1. The highest BCUT2D eigenvalue weighted by Crippen LogP contribution is 2.24. The van der Waals surface area contributed by atoms with Crippen LogP contribution in [0.25, 0.3) is 0 Å². The van der Waals surface area contributed by atoms with Crippen molar-refractivity contribution in [3.8, 4) is 0 Å². The molecule has 0 amide bonds. The molecule has 1 aromatic heterocycles. The van der Waals surface area contributed by atoms with Gasteiger partial charge in [0, 0.05) is 20.1 Å². The minimum absolute atomic E-state index is 0.392. The van der Waals surface area contributed by atoms with Crippen molar-refractivity contribution in [2.75, 3.05) is 11.9 Å². The molecule has 0 bridgehead atoms. The zero-order chi connectivity index (χ0) is 13.2. The Bertz CT molecular complexity index is 396. The SMILES string of the molecule is Cc1nn(C)c(N(C)C(C)CC(C)C)c1C=O. The van der Waals surface area contributed by atoms with Gasteiger partial charge in [0.1, 0.15) is 5.82 Å². The molecular formula is C13H23N3O. The van der Waals surface area contributed by atoms with E-state index in [4.69, 9.17) is 0 Å². The highest BCUT2D eigenvalue weighted by molar-refractivity contribution is 5.84. The van der Waals surface area contributed by atoms with Crippen molar-refractivity contribution in [3.63, 3.8) is 0 Å². The summed E-state index contributed by atoms with van der Waals surface area (Å²) in [5.74, 6) is 1.55. The molecule has 0 aromatic carbocycles. The van der Waals surface area contributed by atoms with Crippen molar-refractivity contribution in [1.29, 1.82) is 0 Å². The van der Waals surface area contributed by atoms with E-state index < -0.39 is 0 Å². The molecule has 17 heavy (non-hydrogen) atoms. The van der Waals surface area contributed by atoms with Crippen LogP contribution in [-0.4, -0.2) is 29.2 Å². The summed E-state index contributed by atoms with van der Waals surface area (Å²) in [4.78, 5) is 13.3. The summed E-state index contributed by atoms with van der Waals surface area (Å²) in [6, 6.07) is 0.392. The van der Waals surface area contributed by atoms with Gasteiger partial charge in [-0.1, -0.05) is 13.8 Å². The van der Waals surface area contributed by atoms with E-state index in [0.29, 0.717) is 17.5 Å². The van der Waals surface area contributed by atoms with Crippen LogP contribution in [-0.2, 0) is 7.05 Å². The molecule has 1 heterocycles. The number of aryl methyl sites for hydroxylation is 2. The Morgan fingerprint density at radius 1 is 1.41 bits per heavy atom. The van der Waals surface area contributed by atoms with Crippen LogP contribution in [0.15, 0.2) is 0 Å². The topological polar surface area (TPSA) is 38.1 Å². The number of aldehydes is 1. The molecule has 0 spiro atoms. The van der Waals surface area contributed by atoms with Gasteiger partial charge >= 0.3 is 0 Å². The number of hydrogen-bond acceptors (Lipinski definition) is 3. The van der Waals surface area contributed by atoms with Gasteiger partial charge in [-0.25, -0.2) is 0 Å². The fraction of sp³-hybridized carbons (Fsp3) is 0.692. The third kappa shape index (κ3) is 2.87. The summed E-state index contributed by atoms with van der Waals surface area (Å²) >= 11 is 0. The summed E-state index contributed by atoms with van der Waals surface area (Å²) in [5, 5.41) is 4.31. The molecule has 4 nitrogen and oxygen atoms in total. The van der Waals surface area contributed by atoms with Crippen LogP contribution in [0, 0.1) is 12.8 Å². The first kappa shape index (κ1) is 13.7. The van der Waals surface area contributed by atoms with Gasteiger partial charge in [0.2, 0.25) is 0 Å². The second-order valence-electron chi connectivity index (χ2n) is 5.15. The van der Waals surface area contributed by atoms with Gasteiger partial charge in [0.05, 0.1) is 11.3 Å². The Morgan fingerprint density at radius 2 is 2.00 bits per heavy atom. The van der Waals surface area contributed by atoms with E-state index in [1.54, 1.807) is 4.68 Å². The van der Waals surface area contributed by atoms with Crippen LogP contribution < -0.4 is 4.90 Å². The van der Waals surface area contributed by atoms with Crippen LogP contribution in [0.3, 0.4) is 0 Å². The van der Waals surface area contributed by atoms with Crippen molar-refractivity contribution in [3.05, 3.63) is 11.3 Å². The molecule has 0 N–H and O–H groups in total. The highest BCUT2D eigenvalue weighted by Gasteiger charge is 2.20. The summed E-state index contributed by atoms with van der Waals surface area (Å²) in [7, 11) is 3.91. The lowest BCUT2D eigenvalue weighted by Crippen LogP contribution is -2.32. The van der Waals surface area contributed by atoms with Gasteiger partial charge in [-0.3, -0.25) is 9.48 Å². The molecule has 0 fully saturated rings. The Balaban J connectivity index is 3.02. The Kier molecular flexibility index (Phi) is 4.32. The van der Waals surface area contributed by atoms with Crippen molar-refractivity contribution in [1.82, 2.24) is 9.78 Å². The average molecular weight is 237 g/mol. The molecule has 96 valence electrons. The molecule has 1 rings (SSSR count). The number of hydrogen-bond donors (Lipinski definition) is 0. The van der Waals surface area contributed by atoms with Crippen LogP contribution in [0.5, 0.6) is 0 Å². The maximum Gasteiger partial charge on any atom is 0.155 e. The molecule has 0 aliphatic carbocycles. The zero-order valence-corrected chi connectivity index (χ0v) is 11.7. The number of anilines is 1. The maximum atomic E-state index is 11.1. The predicted octanol–water partition coefficient (Wildman–Crippen LogP) is 2.41. The normalized spacial score (nSPS) is 12.9. The molecule has 0 saturated carbocycles. The molecule has 0 radical (unpaired) electrons. The minimum Gasteiger partial charge on any atom is -0.357 e. The Labute approximate surface area is 104 Å². The fourth-order valence-corrected chi connectivity index (χ4v) is 2.27. The number of carbonyl (C=O) groups excluding carboxylic acids is 1. The number of rotatable bonds is 5. The van der Waals surface area contributed by atoms with Gasteiger partial charge in [0.25, 0.3) is 0 Å². The molecular weight excluding hydrogens is 214 g/mol. The van der Waals surface area contributed by atoms with E-state index in [9.17, 15) is 4.79 Å². The number of aromatic nitrogens is 2. The van der Waals surface area contributed by atoms with E-state index >= 15 is 0 Å². The predicted molar refractivity (Wildman–Crippen MR) is 70.7 cm³/mol. The van der Waals surface area contributed by atoms with Gasteiger partial charge in [-0.2, -0.15) is 5.10 Å². The lowest BCUT2D eigenvalue weighted by molar-refractivity contribution is 0.112. The van der Waals surface area contributed by atoms with E-state index in [0.717, 1.165) is 24.2 Å². The van der Waals surface area contributed by atoms with Crippen LogP contribution >= 0.6 is 0 Å². The van der Waals surface area contributed by atoms with Gasteiger partial charge in [0.15, 0.2) is 6.29 Å². The van der Waals surface area contributed by atoms with Crippen molar-refractivity contribution >= 4 is 12.1 Å². The van der Waals surface area contributed by atoms with Crippen LogP contribution in [0.1, 0.15) is 43.2 Å². The van der Waals surface area contributed by atoms with E-state index in [1.165, 1.54) is 0 Å². The van der Waals surface area contributed by atoms with Crippen molar-refractivity contribution < 1.29 is 4.79 Å². The zero-order valence-electron chi connectivity index (χ0n) is 11.7. The summed E-state index contributed by atoms with van der Waals surface area (Å²) in [6.07, 6.45) is 2.00. The molecule has 1 aromatic rings. The first-order chi connectivity index (χ1) is 7.88. The minimum atomic E-state index is 0.392. The van der Waals surface area contributed by atoms with Gasteiger partial charge in [-0.05, 0) is 26.2 Å². The van der Waals surface area contributed by atoms with Crippen molar-refractivity contribution in [2.24, 2.45) is 13.0 Å². The van der Waals surface area contributed by atoms with Crippen LogP contribution in [0.2, 0.25) is 0 Å². The average Bonchev–Trinajstić information content (AvgIpc) is 2.50. The molecule has 1 atom stereocenters. The monoisotopic (exact) mass is 237 g/mol. The smallest absolute Gasteiger partial charge is 0.155 e. The third-order valence-electron chi connectivity index (χ3n) is 3.16. The number of carbonyl (C=O) groups is 1.